The topological polar surface area (TPSA) is 63.7 Å². The maximum absolute atomic E-state index is 13.3. The van der Waals surface area contributed by atoms with Gasteiger partial charge in [0, 0.05) is 0 Å². The lowest BCUT2D eigenvalue weighted by Gasteiger charge is -2.13. The first-order valence-electron chi connectivity index (χ1n) is 6.15. The van der Waals surface area contributed by atoms with Crippen molar-refractivity contribution in [2.75, 3.05) is 0 Å². The molecule has 0 atom stereocenters. The molecule has 0 bridgehead atoms. The summed E-state index contributed by atoms with van der Waals surface area (Å²) in [5.74, 6) is -3.43. The highest BCUT2D eigenvalue weighted by molar-refractivity contribution is 6.33. The van der Waals surface area contributed by atoms with Crippen molar-refractivity contribution in [3.05, 3.63) is 70.0 Å². The Kier molecular flexibility index (Phi) is 3.38. The van der Waals surface area contributed by atoms with Gasteiger partial charge in [-0.25, -0.2) is 9.18 Å². The number of fused-ring (bicyclic) bond motifs is 1. The average Bonchev–Trinajstić information content (AvgIpc) is 2.75. The lowest BCUT2D eigenvalue weighted by atomic mass is 10.1. The van der Waals surface area contributed by atoms with Gasteiger partial charge in [-0.15, -0.1) is 0 Å². The van der Waals surface area contributed by atoms with Crippen molar-refractivity contribution in [1.82, 2.24) is 5.06 Å². The molecule has 0 N–H and O–H groups in total. The van der Waals surface area contributed by atoms with Gasteiger partial charge < -0.3 is 4.84 Å². The fourth-order valence-electron chi connectivity index (χ4n) is 2.04. The predicted molar refractivity (Wildman–Crippen MR) is 73.8 cm³/mol. The molecule has 3 rings (SSSR count). The van der Waals surface area contributed by atoms with Crippen molar-refractivity contribution in [3.63, 3.8) is 0 Å². The Morgan fingerprint density at radius 3 is 2.18 bits per heavy atom. The summed E-state index contributed by atoms with van der Waals surface area (Å²) in [5, 5.41) is -0.0991. The summed E-state index contributed by atoms with van der Waals surface area (Å²) in [7, 11) is 0. The predicted octanol–water partition coefficient (Wildman–Crippen LogP) is 2.85. The number of nitrogens with zero attached hydrogens (tertiary/aromatic N) is 1. The van der Waals surface area contributed by atoms with E-state index in [1.54, 1.807) is 12.1 Å². The highest BCUT2D eigenvalue weighted by Crippen LogP contribution is 2.25. The van der Waals surface area contributed by atoms with E-state index >= 15 is 0 Å². The maximum atomic E-state index is 13.3. The van der Waals surface area contributed by atoms with E-state index in [2.05, 4.69) is 0 Å². The molecule has 0 unspecified atom stereocenters. The molecule has 7 heteroatoms. The van der Waals surface area contributed by atoms with Crippen LogP contribution >= 0.6 is 11.6 Å². The molecule has 22 heavy (non-hydrogen) atoms. The lowest BCUT2D eigenvalue weighted by molar-refractivity contribution is -0.0584. The van der Waals surface area contributed by atoms with E-state index in [1.165, 1.54) is 24.3 Å². The standard InChI is InChI=1S/C15H7ClFNO4/c16-12-10(6-3-7-11(12)17)15(21)22-18-13(19)8-4-1-2-5-9(8)14(18)20/h1-7H. The van der Waals surface area contributed by atoms with Gasteiger partial charge in [0.25, 0.3) is 11.8 Å². The fraction of sp³-hybridized carbons (Fsp3) is 0. The zero-order chi connectivity index (χ0) is 15.9. The summed E-state index contributed by atoms with van der Waals surface area (Å²) in [5.41, 5.74) is -0.0190. The number of rotatable bonds is 2. The molecule has 0 saturated heterocycles. The van der Waals surface area contributed by atoms with Crippen LogP contribution in [-0.2, 0) is 4.84 Å². The zero-order valence-electron chi connectivity index (χ0n) is 10.9. The maximum Gasteiger partial charge on any atom is 0.365 e. The van der Waals surface area contributed by atoms with E-state index in [0.717, 1.165) is 6.07 Å². The van der Waals surface area contributed by atoms with E-state index in [9.17, 15) is 18.8 Å². The molecule has 1 heterocycles. The van der Waals surface area contributed by atoms with Gasteiger partial charge in [0.1, 0.15) is 5.82 Å². The van der Waals surface area contributed by atoms with Gasteiger partial charge >= 0.3 is 5.97 Å². The van der Waals surface area contributed by atoms with Crippen LogP contribution in [0.15, 0.2) is 42.5 Å². The Morgan fingerprint density at radius 2 is 1.59 bits per heavy atom. The van der Waals surface area contributed by atoms with E-state index in [0.29, 0.717) is 5.06 Å². The third kappa shape index (κ3) is 2.14. The lowest BCUT2D eigenvalue weighted by Crippen LogP contribution is -2.32. The summed E-state index contributed by atoms with van der Waals surface area (Å²) in [4.78, 5) is 40.9. The van der Waals surface area contributed by atoms with Crippen LogP contribution in [0.1, 0.15) is 31.1 Å². The van der Waals surface area contributed by atoms with E-state index in [4.69, 9.17) is 16.4 Å². The summed E-state index contributed by atoms with van der Waals surface area (Å²) in [6.45, 7) is 0. The first kappa shape index (κ1) is 14.2. The van der Waals surface area contributed by atoms with Crippen LogP contribution in [0.3, 0.4) is 0 Å². The number of halogens is 2. The third-order valence-corrected chi connectivity index (χ3v) is 3.49. The van der Waals surface area contributed by atoms with Crippen LogP contribution in [-0.4, -0.2) is 22.8 Å². The molecule has 2 aromatic carbocycles. The van der Waals surface area contributed by atoms with Gasteiger partial charge in [0.15, 0.2) is 0 Å². The van der Waals surface area contributed by atoms with Crippen LogP contribution in [0.5, 0.6) is 0 Å². The van der Waals surface area contributed by atoms with E-state index in [-0.39, 0.29) is 16.7 Å². The van der Waals surface area contributed by atoms with Crippen molar-refractivity contribution < 1.29 is 23.6 Å². The van der Waals surface area contributed by atoms with Crippen molar-refractivity contribution in [3.8, 4) is 0 Å². The minimum atomic E-state index is -1.10. The Hall–Kier alpha value is -2.73. The number of amides is 2. The molecule has 2 aromatic rings. The summed E-state index contributed by atoms with van der Waals surface area (Å²) in [6, 6.07) is 9.61. The van der Waals surface area contributed by atoms with Crippen molar-refractivity contribution >= 4 is 29.4 Å². The first-order valence-corrected chi connectivity index (χ1v) is 6.52. The van der Waals surface area contributed by atoms with E-state index < -0.39 is 28.6 Å². The number of benzene rings is 2. The highest BCUT2D eigenvalue weighted by Gasteiger charge is 2.39. The third-order valence-electron chi connectivity index (χ3n) is 3.10. The second-order valence-electron chi connectivity index (χ2n) is 4.43. The second-order valence-corrected chi connectivity index (χ2v) is 4.81. The number of hydrogen-bond acceptors (Lipinski definition) is 4. The highest BCUT2D eigenvalue weighted by atomic mass is 35.5. The molecule has 0 radical (unpaired) electrons. The number of imide groups is 1. The van der Waals surface area contributed by atoms with Crippen LogP contribution in [0.2, 0.25) is 5.02 Å². The smallest absolute Gasteiger partial charge is 0.324 e. The SMILES string of the molecule is O=C(ON1C(=O)c2ccccc2C1=O)c1cccc(F)c1Cl. The van der Waals surface area contributed by atoms with Crippen LogP contribution in [0.4, 0.5) is 4.39 Å². The summed E-state index contributed by atoms with van der Waals surface area (Å²) in [6.07, 6.45) is 0. The zero-order valence-corrected chi connectivity index (χ0v) is 11.6. The number of carbonyl (C=O) groups is 3. The Bertz CT molecular complexity index is 786. The molecule has 110 valence electrons. The first-order chi connectivity index (χ1) is 10.5. The van der Waals surface area contributed by atoms with Gasteiger partial charge in [0.05, 0.1) is 21.7 Å². The molecular formula is C15H7ClFNO4. The van der Waals surface area contributed by atoms with Crippen LogP contribution in [0, 0.1) is 5.82 Å². The molecular weight excluding hydrogens is 313 g/mol. The van der Waals surface area contributed by atoms with Crippen molar-refractivity contribution in [1.29, 1.82) is 0 Å². The van der Waals surface area contributed by atoms with Gasteiger partial charge in [-0.05, 0) is 24.3 Å². The molecule has 0 aromatic heterocycles. The largest absolute Gasteiger partial charge is 0.365 e. The Labute approximate surface area is 128 Å². The monoisotopic (exact) mass is 319 g/mol. The molecule has 0 spiro atoms. The van der Waals surface area contributed by atoms with Crippen molar-refractivity contribution in [2.24, 2.45) is 0 Å². The molecule has 0 aliphatic carbocycles. The normalized spacial score (nSPS) is 13.3. The summed E-state index contributed by atoms with van der Waals surface area (Å²) >= 11 is 5.67. The molecule has 1 aliphatic rings. The molecule has 0 saturated carbocycles. The molecule has 1 aliphatic heterocycles. The number of hydrogen-bond donors (Lipinski definition) is 0. The fourth-order valence-corrected chi connectivity index (χ4v) is 2.25. The van der Waals surface area contributed by atoms with Gasteiger partial charge in [-0.3, -0.25) is 9.59 Å². The van der Waals surface area contributed by atoms with Crippen molar-refractivity contribution in [2.45, 2.75) is 0 Å². The minimum Gasteiger partial charge on any atom is -0.324 e. The molecule has 0 fully saturated rings. The van der Waals surface area contributed by atoms with E-state index in [1.807, 2.05) is 0 Å². The number of hydroxylamine groups is 2. The quantitative estimate of drug-likeness (QED) is 0.798. The summed E-state index contributed by atoms with van der Waals surface area (Å²) < 4.78 is 13.3. The van der Waals surface area contributed by atoms with Crippen LogP contribution in [0.25, 0.3) is 0 Å². The number of carbonyl (C=O) groups excluding carboxylic acids is 3. The van der Waals surface area contributed by atoms with Gasteiger partial charge in [-0.1, -0.05) is 34.9 Å². The van der Waals surface area contributed by atoms with Gasteiger partial charge in [0.2, 0.25) is 0 Å². The Balaban J connectivity index is 1.89. The average molecular weight is 320 g/mol. The molecule has 5 nitrogen and oxygen atoms in total. The minimum absolute atomic E-state index is 0.130. The van der Waals surface area contributed by atoms with Crippen LogP contribution < -0.4 is 0 Å². The second kappa shape index (κ2) is 5.23. The molecule has 2 amide bonds. The Morgan fingerprint density at radius 1 is 1.00 bits per heavy atom. The van der Waals surface area contributed by atoms with Gasteiger partial charge in [-0.2, -0.15) is 0 Å².